The molecule has 3 atom stereocenters. The number of hydrogen-bond acceptors (Lipinski definition) is 3. The van der Waals surface area contributed by atoms with E-state index >= 15 is 0 Å². The number of amides is 1. The van der Waals surface area contributed by atoms with Crippen LogP contribution in [0.15, 0.2) is 0 Å². The van der Waals surface area contributed by atoms with E-state index in [1.54, 1.807) is 0 Å². The fourth-order valence-electron chi connectivity index (χ4n) is 3.69. The maximum Gasteiger partial charge on any atom is 0.303 e. The molecule has 1 amide bonds. The van der Waals surface area contributed by atoms with E-state index in [2.05, 4.69) is 24.1 Å². The summed E-state index contributed by atoms with van der Waals surface area (Å²) in [7, 11) is 0. The average Bonchev–Trinajstić information content (AvgIpc) is 2.60. The van der Waals surface area contributed by atoms with Gasteiger partial charge in [-0.3, -0.25) is 14.5 Å². The van der Waals surface area contributed by atoms with Gasteiger partial charge in [0, 0.05) is 24.5 Å². The lowest BCUT2D eigenvalue weighted by atomic mass is 9.88. The number of nitrogens with zero attached hydrogens (tertiary/aromatic N) is 1. The first-order valence-corrected chi connectivity index (χ1v) is 8.13. The molecule has 0 spiro atoms. The maximum atomic E-state index is 12.2. The molecule has 2 rings (SSSR count). The molecular formula is C16H28N2O3. The zero-order valence-corrected chi connectivity index (χ0v) is 13.3. The zero-order valence-electron chi connectivity index (χ0n) is 13.3. The van der Waals surface area contributed by atoms with Gasteiger partial charge in [0.25, 0.3) is 0 Å². The van der Waals surface area contributed by atoms with Crippen LogP contribution in [-0.4, -0.2) is 46.6 Å². The molecule has 0 aromatic carbocycles. The highest BCUT2D eigenvalue weighted by atomic mass is 16.4. The Labute approximate surface area is 127 Å². The Bertz CT molecular complexity index is 383. The molecule has 3 unspecified atom stereocenters. The van der Waals surface area contributed by atoms with Crippen molar-refractivity contribution in [3.8, 4) is 0 Å². The molecule has 2 saturated heterocycles. The fraction of sp³-hybridized carbons (Fsp3) is 0.875. The molecule has 0 radical (unpaired) electrons. The SMILES string of the molecule is CC(C)C(C)NC(=O)CN1C2CCC1CC(CC(=O)O)C2. The quantitative estimate of drug-likeness (QED) is 0.785. The molecule has 0 aromatic rings. The number of fused-ring (bicyclic) bond motifs is 2. The van der Waals surface area contributed by atoms with Crippen LogP contribution in [0.1, 0.15) is 52.9 Å². The van der Waals surface area contributed by atoms with Crippen molar-refractivity contribution < 1.29 is 14.7 Å². The number of nitrogens with one attached hydrogen (secondary N) is 1. The molecule has 0 aliphatic carbocycles. The van der Waals surface area contributed by atoms with E-state index in [1.165, 1.54) is 0 Å². The number of piperidine rings is 1. The standard InChI is InChI=1S/C16H28N2O3/c1-10(2)11(3)17-15(19)9-18-13-4-5-14(18)7-12(6-13)8-16(20)21/h10-14H,4-9H2,1-3H3,(H,17,19)(H,20,21). The zero-order chi connectivity index (χ0) is 15.6. The molecule has 2 aliphatic heterocycles. The van der Waals surface area contributed by atoms with Gasteiger partial charge in [-0.1, -0.05) is 13.8 Å². The summed E-state index contributed by atoms with van der Waals surface area (Å²) in [4.78, 5) is 25.3. The molecule has 21 heavy (non-hydrogen) atoms. The number of carbonyl (C=O) groups excluding carboxylic acids is 1. The summed E-state index contributed by atoms with van der Waals surface area (Å²) in [6.07, 6.45) is 4.34. The maximum absolute atomic E-state index is 12.2. The van der Waals surface area contributed by atoms with Crippen LogP contribution in [0.2, 0.25) is 0 Å². The first kappa shape index (κ1) is 16.3. The van der Waals surface area contributed by atoms with Crippen LogP contribution in [-0.2, 0) is 9.59 Å². The molecule has 2 aliphatic rings. The first-order valence-electron chi connectivity index (χ1n) is 8.13. The van der Waals surface area contributed by atoms with Gasteiger partial charge in [-0.25, -0.2) is 0 Å². The van der Waals surface area contributed by atoms with E-state index in [4.69, 9.17) is 5.11 Å². The topological polar surface area (TPSA) is 69.6 Å². The smallest absolute Gasteiger partial charge is 0.303 e. The van der Waals surface area contributed by atoms with Gasteiger partial charge in [-0.15, -0.1) is 0 Å². The molecule has 0 saturated carbocycles. The van der Waals surface area contributed by atoms with Gasteiger partial charge >= 0.3 is 5.97 Å². The second-order valence-corrected chi connectivity index (χ2v) is 7.09. The fourth-order valence-corrected chi connectivity index (χ4v) is 3.69. The molecular weight excluding hydrogens is 268 g/mol. The monoisotopic (exact) mass is 296 g/mol. The van der Waals surface area contributed by atoms with E-state index < -0.39 is 5.97 Å². The Morgan fingerprint density at radius 2 is 1.76 bits per heavy atom. The van der Waals surface area contributed by atoms with Crippen molar-refractivity contribution in [1.82, 2.24) is 10.2 Å². The summed E-state index contributed by atoms with van der Waals surface area (Å²) in [5.41, 5.74) is 0. The molecule has 5 heteroatoms. The minimum Gasteiger partial charge on any atom is -0.481 e. The molecule has 0 aromatic heterocycles. The van der Waals surface area contributed by atoms with E-state index in [0.29, 0.717) is 24.5 Å². The number of hydrogen-bond donors (Lipinski definition) is 2. The van der Waals surface area contributed by atoms with Crippen molar-refractivity contribution in [2.45, 2.75) is 71.0 Å². The van der Waals surface area contributed by atoms with Crippen molar-refractivity contribution in [1.29, 1.82) is 0 Å². The van der Waals surface area contributed by atoms with Crippen LogP contribution < -0.4 is 5.32 Å². The molecule has 2 fully saturated rings. The van der Waals surface area contributed by atoms with Gasteiger partial charge in [0.15, 0.2) is 0 Å². The Hall–Kier alpha value is -1.10. The molecule has 5 nitrogen and oxygen atoms in total. The Morgan fingerprint density at radius 1 is 1.19 bits per heavy atom. The summed E-state index contributed by atoms with van der Waals surface area (Å²) in [6, 6.07) is 0.987. The van der Waals surface area contributed by atoms with E-state index in [9.17, 15) is 9.59 Å². The second kappa shape index (κ2) is 6.77. The lowest BCUT2D eigenvalue weighted by Crippen LogP contribution is -2.49. The normalized spacial score (nSPS) is 30.4. The van der Waals surface area contributed by atoms with E-state index in [-0.39, 0.29) is 24.3 Å². The van der Waals surface area contributed by atoms with Crippen molar-refractivity contribution in [3.05, 3.63) is 0 Å². The molecule has 2 bridgehead atoms. The van der Waals surface area contributed by atoms with Crippen LogP contribution in [0.5, 0.6) is 0 Å². The summed E-state index contributed by atoms with van der Waals surface area (Å²) in [5, 5.41) is 12.0. The minimum atomic E-state index is -0.698. The summed E-state index contributed by atoms with van der Waals surface area (Å²) in [5.74, 6) is 0.127. The number of rotatable bonds is 6. The third-order valence-electron chi connectivity index (χ3n) is 5.16. The Kier molecular flexibility index (Phi) is 5.25. The number of carboxylic acids is 1. The third-order valence-corrected chi connectivity index (χ3v) is 5.16. The van der Waals surface area contributed by atoms with Crippen LogP contribution in [0.25, 0.3) is 0 Å². The number of aliphatic carboxylic acids is 1. The van der Waals surface area contributed by atoms with Crippen molar-refractivity contribution >= 4 is 11.9 Å². The van der Waals surface area contributed by atoms with E-state index in [1.807, 2.05) is 6.92 Å². The Morgan fingerprint density at radius 3 is 2.24 bits per heavy atom. The summed E-state index contributed by atoms with van der Waals surface area (Å²) >= 11 is 0. The number of carboxylic acid groups (broad SMARTS) is 1. The minimum absolute atomic E-state index is 0.102. The molecule has 2 heterocycles. The average molecular weight is 296 g/mol. The highest BCUT2D eigenvalue weighted by molar-refractivity contribution is 5.78. The highest BCUT2D eigenvalue weighted by Gasteiger charge is 2.41. The largest absolute Gasteiger partial charge is 0.481 e. The van der Waals surface area contributed by atoms with Gasteiger partial charge in [0.2, 0.25) is 5.91 Å². The Balaban J connectivity index is 1.86. The third kappa shape index (κ3) is 4.19. The van der Waals surface area contributed by atoms with Gasteiger partial charge in [0.05, 0.1) is 6.54 Å². The first-order chi connectivity index (χ1) is 9.86. The van der Waals surface area contributed by atoms with Crippen molar-refractivity contribution in [2.24, 2.45) is 11.8 Å². The van der Waals surface area contributed by atoms with Crippen LogP contribution >= 0.6 is 0 Å². The van der Waals surface area contributed by atoms with E-state index in [0.717, 1.165) is 25.7 Å². The van der Waals surface area contributed by atoms with Gasteiger partial charge in [0.1, 0.15) is 0 Å². The summed E-state index contributed by atoms with van der Waals surface area (Å²) < 4.78 is 0. The lowest BCUT2D eigenvalue weighted by Gasteiger charge is -2.38. The lowest BCUT2D eigenvalue weighted by molar-refractivity contribution is -0.139. The van der Waals surface area contributed by atoms with Crippen molar-refractivity contribution in [3.63, 3.8) is 0 Å². The number of carbonyl (C=O) groups is 2. The van der Waals surface area contributed by atoms with Crippen LogP contribution in [0.3, 0.4) is 0 Å². The second-order valence-electron chi connectivity index (χ2n) is 7.09. The highest BCUT2D eigenvalue weighted by Crippen LogP contribution is 2.39. The molecule has 120 valence electrons. The predicted molar refractivity (Wildman–Crippen MR) is 80.9 cm³/mol. The summed E-state index contributed by atoms with van der Waals surface area (Å²) in [6.45, 7) is 6.71. The predicted octanol–water partition coefficient (Wildman–Crippen LogP) is 1.86. The van der Waals surface area contributed by atoms with Crippen LogP contribution in [0.4, 0.5) is 0 Å². The van der Waals surface area contributed by atoms with Gasteiger partial charge < -0.3 is 10.4 Å². The van der Waals surface area contributed by atoms with Gasteiger partial charge in [-0.05, 0) is 44.4 Å². The molecule has 2 N–H and O–H groups in total. The van der Waals surface area contributed by atoms with Crippen molar-refractivity contribution in [2.75, 3.05) is 6.54 Å². The van der Waals surface area contributed by atoms with Gasteiger partial charge in [-0.2, -0.15) is 0 Å². The van der Waals surface area contributed by atoms with Crippen LogP contribution in [0, 0.1) is 11.8 Å².